The third-order valence-electron chi connectivity index (χ3n) is 4.50. The normalized spacial score (nSPS) is 24.2. The minimum absolute atomic E-state index is 0.0558. The first-order valence-corrected chi connectivity index (χ1v) is 9.38. The number of carbonyl (C=O) groups excluding carboxylic acids is 1. The van der Waals surface area contributed by atoms with E-state index < -0.39 is 0 Å². The van der Waals surface area contributed by atoms with Crippen molar-refractivity contribution in [3.63, 3.8) is 0 Å². The number of nitrogens with one attached hydrogen (secondary N) is 1. The number of benzene rings is 1. The highest BCUT2D eigenvalue weighted by molar-refractivity contribution is 8.01. The van der Waals surface area contributed by atoms with Gasteiger partial charge in [0.25, 0.3) is 0 Å². The largest absolute Gasteiger partial charge is 0.378 e. The van der Waals surface area contributed by atoms with Gasteiger partial charge < -0.3 is 9.64 Å². The number of aryl methyl sites for hydroxylation is 1. The van der Waals surface area contributed by atoms with Crippen molar-refractivity contribution >= 4 is 29.6 Å². The summed E-state index contributed by atoms with van der Waals surface area (Å²) >= 11 is 1.64. The summed E-state index contributed by atoms with van der Waals surface area (Å²) in [7, 11) is 0. The highest BCUT2D eigenvalue weighted by atomic mass is 32.2. The first kappa shape index (κ1) is 16.4. The number of amides is 1. The molecular weight excluding hydrogens is 338 g/mol. The van der Waals surface area contributed by atoms with E-state index in [1.165, 1.54) is 5.56 Å². The summed E-state index contributed by atoms with van der Waals surface area (Å²) in [5.41, 5.74) is 2.30. The lowest BCUT2D eigenvalue weighted by Gasteiger charge is -2.25. The van der Waals surface area contributed by atoms with Crippen LogP contribution in [0.1, 0.15) is 23.4 Å². The molecule has 2 saturated heterocycles. The number of morpholine rings is 1. The lowest BCUT2D eigenvalue weighted by Crippen LogP contribution is -2.37. The fraction of sp³-hybridized carbons (Fsp3) is 0.471. The average molecular weight is 359 g/mol. The number of aromatic nitrogens is 3. The van der Waals surface area contributed by atoms with Crippen molar-refractivity contribution in [1.82, 2.24) is 15.2 Å². The molecule has 132 valence electrons. The van der Waals surface area contributed by atoms with Crippen LogP contribution in [0.5, 0.6) is 0 Å². The molecule has 2 fully saturated rings. The molecule has 2 aromatic rings. The number of thioether (sulfide) groups is 1. The summed E-state index contributed by atoms with van der Waals surface area (Å²) in [6.07, 6.45) is 0. The number of rotatable bonds is 3. The Hall–Kier alpha value is -2.06. The van der Waals surface area contributed by atoms with Gasteiger partial charge in [-0.05, 0) is 19.4 Å². The van der Waals surface area contributed by atoms with E-state index in [1.54, 1.807) is 16.7 Å². The molecule has 4 rings (SSSR count). The summed E-state index contributed by atoms with van der Waals surface area (Å²) in [5.74, 6) is 1.19. The van der Waals surface area contributed by atoms with Crippen molar-refractivity contribution in [3.05, 3.63) is 35.4 Å². The van der Waals surface area contributed by atoms with E-state index in [9.17, 15) is 4.79 Å². The number of anilines is 2. The molecular formula is C17H21N5O2S. The maximum atomic E-state index is 12.7. The number of nitrogens with zero attached hydrogens (tertiary/aromatic N) is 4. The van der Waals surface area contributed by atoms with Gasteiger partial charge in [0, 0.05) is 13.1 Å². The second-order valence-corrected chi connectivity index (χ2v) is 7.73. The van der Waals surface area contributed by atoms with E-state index in [4.69, 9.17) is 4.74 Å². The lowest BCUT2D eigenvalue weighted by atomic mass is 10.1. The molecule has 0 spiro atoms. The van der Waals surface area contributed by atoms with Crippen LogP contribution in [0.4, 0.5) is 11.9 Å². The monoisotopic (exact) mass is 359 g/mol. The van der Waals surface area contributed by atoms with Gasteiger partial charge in [-0.25, -0.2) is 5.10 Å². The zero-order valence-corrected chi connectivity index (χ0v) is 15.1. The van der Waals surface area contributed by atoms with Gasteiger partial charge >= 0.3 is 0 Å². The van der Waals surface area contributed by atoms with Gasteiger partial charge in [0.1, 0.15) is 5.37 Å². The molecule has 3 heterocycles. The van der Waals surface area contributed by atoms with Crippen LogP contribution in [0.25, 0.3) is 0 Å². The highest BCUT2D eigenvalue weighted by Crippen LogP contribution is 2.44. The van der Waals surface area contributed by atoms with E-state index in [0.29, 0.717) is 25.1 Å². The minimum atomic E-state index is -0.108. The summed E-state index contributed by atoms with van der Waals surface area (Å²) in [6.45, 7) is 6.86. The molecule has 7 nitrogen and oxygen atoms in total. The predicted octanol–water partition coefficient (Wildman–Crippen LogP) is 2.12. The first-order valence-electron chi connectivity index (χ1n) is 8.43. The Kier molecular flexibility index (Phi) is 4.39. The van der Waals surface area contributed by atoms with E-state index in [0.717, 1.165) is 18.7 Å². The second kappa shape index (κ2) is 6.68. The summed E-state index contributed by atoms with van der Waals surface area (Å²) in [5, 5.41) is 7.08. The molecule has 1 N–H and O–H groups in total. The summed E-state index contributed by atoms with van der Waals surface area (Å²) in [4.78, 5) is 21.1. The quantitative estimate of drug-likeness (QED) is 0.905. The zero-order chi connectivity index (χ0) is 17.4. The van der Waals surface area contributed by atoms with Crippen molar-refractivity contribution < 1.29 is 9.53 Å². The standard InChI is InChI=1S/C17H21N5O2S/c1-11-3-5-13(6-4-11)15-22(14(23)12(2)25-15)17-18-16(19-20-17)21-7-9-24-10-8-21/h3-6,12,15H,7-10H2,1-2H3,(H,18,19,20)/t12?,15-/m1/s1. The fourth-order valence-corrected chi connectivity index (χ4v) is 4.31. The average Bonchev–Trinajstić information content (AvgIpc) is 3.22. The van der Waals surface area contributed by atoms with Gasteiger partial charge in [0.2, 0.25) is 17.8 Å². The lowest BCUT2D eigenvalue weighted by molar-refractivity contribution is -0.117. The van der Waals surface area contributed by atoms with Crippen LogP contribution in [-0.4, -0.2) is 52.6 Å². The molecule has 2 atom stereocenters. The maximum absolute atomic E-state index is 12.7. The fourth-order valence-electron chi connectivity index (χ4n) is 3.06. The van der Waals surface area contributed by atoms with Gasteiger partial charge in [0.15, 0.2) is 0 Å². The molecule has 0 saturated carbocycles. The number of carbonyl (C=O) groups is 1. The van der Waals surface area contributed by atoms with E-state index in [1.807, 2.05) is 6.92 Å². The Morgan fingerprint density at radius 1 is 1.24 bits per heavy atom. The molecule has 2 aliphatic heterocycles. The number of H-pyrrole nitrogens is 1. The molecule has 8 heteroatoms. The van der Waals surface area contributed by atoms with E-state index in [-0.39, 0.29) is 16.5 Å². The maximum Gasteiger partial charge on any atom is 0.246 e. The van der Waals surface area contributed by atoms with Gasteiger partial charge in [0.05, 0.1) is 18.5 Å². The van der Waals surface area contributed by atoms with E-state index >= 15 is 0 Å². The summed E-state index contributed by atoms with van der Waals surface area (Å²) in [6, 6.07) is 8.29. The molecule has 0 aliphatic carbocycles. The smallest absolute Gasteiger partial charge is 0.246 e. The molecule has 1 aromatic heterocycles. The SMILES string of the molecule is Cc1ccc([C@H]2SC(C)C(=O)N2c2nc(N3CCOCC3)n[nH]2)cc1. The Labute approximate surface area is 150 Å². The third-order valence-corrected chi connectivity index (χ3v) is 5.85. The van der Waals surface area contributed by atoms with Crippen molar-refractivity contribution in [2.75, 3.05) is 36.1 Å². The molecule has 0 radical (unpaired) electrons. The Morgan fingerprint density at radius 2 is 1.96 bits per heavy atom. The number of hydrogen-bond donors (Lipinski definition) is 1. The molecule has 1 amide bonds. The molecule has 25 heavy (non-hydrogen) atoms. The van der Waals surface area contributed by atoms with Gasteiger partial charge in [-0.3, -0.25) is 9.69 Å². The van der Waals surface area contributed by atoms with Crippen molar-refractivity contribution in [2.24, 2.45) is 0 Å². The number of hydrogen-bond acceptors (Lipinski definition) is 6. The Bertz CT molecular complexity index is 757. The predicted molar refractivity (Wildman–Crippen MR) is 97.9 cm³/mol. The number of aromatic amines is 1. The Balaban J connectivity index is 1.63. The van der Waals surface area contributed by atoms with Gasteiger partial charge in [-0.15, -0.1) is 16.9 Å². The Morgan fingerprint density at radius 3 is 2.68 bits per heavy atom. The molecule has 2 aliphatic rings. The second-order valence-electron chi connectivity index (χ2n) is 6.31. The summed E-state index contributed by atoms with van der Waals surface area (Å²) < 4.78 is 5.37. The van der Waals surface area contributed by atoms with Crippen molar-refractivity contribution in [2.45, 2.75) is 24.5 Å². The minimum Gasteiger partial charge on any atom is -0.378 e. The van der Waals surface area contributed by atoms with Crippen LogP contribution >= 0.6 is 11.8 Å². The van der Waals surface area contributed by atoms with Crippen LogP contribution < -0.4 is 9.80 Å². The third kappa shape index (κ3) is 3.11. The van der Waals surface area contributed by atoms with Crippen LogP contribution in [0, 0.1) is 6.92 Å². The van der Waals surface area contributed by atoms with E-state index in [2.05, 4.69) is 51.3 Å². The molecule has 0 bridgehead atoms. The number of ether oxygens (including phenoxy) is 1. The van der Waals surface area contributed by atoms with Crippen LogP contribution in [-0.2, 0) is 9.53 Å². The highest BCUT2D eigenvalue weighted by Gasteiger charge is 2.41. The zero-order valence-electron chi connectivity index (χ0n) is 14.3. The van der Waals surface area contributed by atoms with Gasteiger partial charge in [-0.2, -0.15) is 4.98 Å². The van der Waals surface area contributed by atoms with Crippen LogP contribution in [0.2, 0.25) is 0 Å². The first-order chi connectivity index (χ1) is 12.1. The molecule has 1 aromatic carbocycles. The van der Waals surface area contributed by atoms with Crippen LogP contribution in [0.3, 0.4) is 0 Å². The van der Waals surface area contributed by atoms with Crippen molar-refractivity contribution in [1.29, 1.82) is 0 Å². The van der Waals surface area contributed by atoms with Gasteiger partial charge in [-0.1, -0.05) is 29.8 Å². The van der Waals surface area contributed by atoms with Crippen LogP contribution in [0.15, 0.2) is 24.3 Å². The topological polar surface area (TPSA) is 74.3 Å². The van der Waals surface area contributed by atoms with Crippen molar-refractivity contribution in [3.8, 4) is 0 Å². The molecule has 1 unspecified atom stereocenters.